The Morgan fingerprint density at radius 2 is 1.57 bits per heavy atom. The van der Waals surface area contributed by atoms with E-state index in [2.05, 4.69) is 5.32 Å². The molecule has 0 unspecified atom stereocenters. The Morgan fingerprint density at radius 3 is 2.27 bits per heavy atom. The number of benzene rings is 3. The maximum absolute atomic E-state index is 12.0. The van der Waals surface area contributed by atoms with Gasteiger partial charge < -0.3 is 14.8 Å². The summed E-state index contributed by atoms with van der Waals surface area (Å²) in [5.74, 6) is -0.284. The quantitative estimate of drug-likeness (QED) is 0.479. The van der Waals surface area contributed by atoms with Crippen molar-refractivity contribution in [2.45, 2.75) is 13.0 Å². The van der Waals surface area contributed by atoms with Gasteiger partial charge in [0.15, 0.2) is 6.61 Å². The van der Waals surface area contributed by atoms with E-state index in [1.165, 1.54) is 0 Å². The summed E-state index contributed by atoms with van der Waals surface area (Å²) in [6.07, 6.45) is -0.00236. The Morgan fingerprint density at radius 1 is 0.833 bits per heavy atom. The minimum atomic E-state index is -0.534. The molecule has 0 atom stereocenters. The third-order valence-corrected chi connectivity index (χ3v) is 4.82. The molecular weight excluding hydrogens is 425 g/mol. The van der Waals surface area contributed by atoms with Crippen LogP contribution in [0, 0.1) is 0 Å². The van der Waals surface area contributed by atoms with Crippen molar-refractivity contribution in [3.05, 3.63) is 94.0 Å². The van der Waals surface area contributed by atoms with E-state index in [1.54, 1.807) is 42.5 Å². The normalized spacial score (nSPS) is 10.3. The van der Waals surface area contributed by atoms with Crippen molar-refractivity contribution in [2.24, 2.45) is 0 Å². The SMILES string of the molecule is O=C(COC(=O)Cc1ccc(Cl)c(Cl)c1)Nc1ccc(OCc2ccccc2)cc1. The lowest BCUT2D eigenvalue weighted by molar-refractivity contribution is -0.146. The number of carbonyl (C=O) groups is 2. The monoisotopic (exact) mass is 443 g/mol. The van der Waals surface area contributed by atoms with E-state index in [0.717, 1.165) is 5.56 Å². The highest BCUT2D eigenvalue weighted by atomic mass is 35.5. The molecule has 1 N–H and O–H groups in total. The molecular formula is C23H19Cl2NO4. The van der Waals surface area contributed by atoms with E-state index in [4.69, 9.17) is 32.7 Å². The number of esters is 1. The molecule has 1 amide bonds. The lowest BCUT2D eigenvalue weighted by Crippen LogP contribution is -2.21. The molecule has 3 aromatic carbocycles. The first-order chi connectivity index (χ1) is 14.5. The highest BCUT2D eigenvalue weighted by molar-refractivity contribution is 6.42. The predicted octanol–water partition coefficient (Wildman–Crippen LogP) is 5.30. The zero-order valence-electron chi connectivity index (χ0n) is 15.9. The van der Waals surface area contributed by atoms with Crippen molar-refractivity contribution in [3.63, 3.8) is 0 Å². The van der Waals surface area contributed by atoms with Crippen LogP contribution in [0.25, 0.3) is 0 Å². The number of carbonyl (C=O) groups excluding carboxylic acids is 2. The van der Waals surface area contributed by atoms with E-state index >= 15 is 0 Å². The molecule has 0 aliphatic carbocycles. The molecule has 0 saturated heterocycles. The third kappa shape index (κ3) is 6.79. The Balaban J connectivity index is 1.41. The van der Waals surface area contributed by atoms with Gasteiger partial charge in [0.25, 0.3) is 5.91 Å². The van der Waals surface area contributed by atoms with Gasteiger partial charge in [0.05, 0.1) is 16.5 Å². The van der Waals surface area contributed by atoms with E-state index in [0.29, 0.717) is 33.7 Å². The Kier molecular flexibility index (Phi) is 7.71. The summed E-state index contributed by atoms with van der Waals surface area (Å²) in [6, 6.07) is 21.6. The number of amides is 1. The summed E-state index contributed by atoms with van der Waals surface area (Å²) in [4.78, 5) is 23.9. The second-order valence-electron chi connectivity index (χ2n) is 6.43. The Hall–Kier alpha value is -3.02. The number of anilines is 1. The topological polar surface area (TPSA) is 64.6 Å². The molecule has 0 fully saturated rings. The molecule has 0 spiro atoms. The first-order valence-corrected chi connectivity index (χ1v) is 9.91. The zero-order chi connectivity index (χ0) is 21.3. The number of hydrogen-bond donors (Lipinski definition) is 1. The average molecular weight is 444 g/mol. The summed E-state index contributed by atoms with van der Waals surface area (Å²) < 4.78 is 10.7. The fraction of sp³-hybridized carbons (Fsp3) is 0.130. The minimum Gasteiger partial charge on any atom is -0.489 e. The van der Waals surface area contributed by atoms with Crippen molar-refractivity contribution in [1.29, 1.82) is 0 Å². The standard InChI is InChI=1S/C23H19Cl2NO4/c24-20-11-6-17(12-21(20)25)13-23(28)30-15-22(27)26-18-7-9-19(10-8-18)29-14-16-4-2-1-3-5-16/h1-12H,13-15H2,(H,26,27). The van der Waals surface area contributed by atoms with E-state index in [1.807, 2.05) is 30.3 Å². The van der Waals surface area contributed by atoms with Crippen molar-refractivity contribution in [3.8, 4) is 5.75 Å². The van der Waals surface area contributed by atoms with Crippen LogP contribution in [0.2, 0.25) is 10.0 Å². The van der Waals surface area contributed by atoms with Crippen LogP contribution < -0.4 is 10.1 Å². The van der Waals surface area contributed by atoms with Crippen LogP contribution in [0.1, 0.15) is 11.1 Å². The van der Waals surface area contributed by atoms with Crippen LogP contribution in [0.5, 0.6) is 5.75 Å². The second kappa shape index (κ2) is 10.7. The number of ether oxygens (including phenoxy) is 2. The highest BCUT2D eigenvalue weighted by Crippen LogP contribution is 2.23. The second-order valence-corrected chi connectivity index (χ2v) is 7.25. The van der Waals surface area contributed by atoms with Gasteiger partial charge in [-0.2, -0.15) is 0 Å². The lowest BCUT2D eigenvalue weighted by atomic mass is 10.1. The molecule has 154 valence electrons. The third-order valence-electron chi connectivity index (χ3n) is 4.08. The van der Waals surface area contributed by atoms with Gasteiger partial charge in [-0.15, -0.1) is 0 Å². The molecule has 7 heteroatoms. The van der Waals surface area contributed by atoms with Crippen LogP contribution >= 0.6 is 23.2 Å². The predicted molar refractivity (Wildman–Crippen MR) is 117 cm³/mol. The first kappa shape index (κ1) is 21.7. The molecule has 3 rings (SSSR count). The smallest absolute Gasteiger partial charge is 0.310 e. The van der Waals surface area contributed by atoms with Gasteiger partial charge in [-0.1, -0.05) is 59.6 Å². The molecule has 0 aliphatic heterocycles. The number of nitrogens with one attached hydrogen (secondary N) is 1. The molecule has 0 saturated carbocycles. The van der Waals surface area contributed by atoms with Gasteiger partial charge in [0, 0.05) is 5.69 Å². The van der Waals surface area contributed by atoms with Gasteiger partial charge in [0.2, 0.25) is 0 Å². The Labute approximate surface area is 184 Å². The van der Waals surface area contributed by atoms with Gasteiger partial charge >= 0.3 is 5.97 Å². The summed E-state index contributed by atoms with van der Waals surface area (Å²) in [5.41, 5.74) is 2.30. The molecule has 0 radical (unpaired) electrons. The zero-order valence-corrected chi connectivity index (χ0v) is 17.5. The van der Waals surface area contributed by atoms with E-state index in [9.17, 15) is 9.59 Å². The number of rotatable bonds is 8. The number of hydrogen-bond acceptors (Lipinski definition) is 4. The van der Waals surface area contributed by atoms with Crippen molar-refractivity contribution < 1.29 is 19.1 Å². The number of halogens is 2. The highest BCUT2D eigenvalue weighted by Gasteiger charge is 2.10. The summed E-state index contributed by atoms with van der Waals surface area (Å²) >= 11 is 11.8. The molecule has 0 heterocycles. The van der Waals surface area contributed by atoms with Gasteiger partial charge in [0.1, 0.15) is 12.4 Å². The largest absolute Gasteiger partial charge is 0.489 e. The van der Waals surface area contributed by atoms with Crippen LogP contribution in [0.15, 0.2) is 72.8 Å². The minimum absolute atomic E-state index is 0.00236. The van der Waals surface area contributed by atoms with Crippen LogP contribution in [-0.2, 0) is 27.4 Å². The van der Waals surface area contributed by atoms with E-state index < -0.39 is 11.9 Å². The van der Waals surface area contributed by atoms with Gasteiger partial charge in [-0.3, -0.25) is 9.59 Å². The Bertz CT molecular complexity index is 1010. The first-order valence-electron chi connectivity index (χ1n) is 9.16. The fourth-order valence-corrected chi connectivity index (χ4v) is 2.91. The molecule has 0 aliphatic rings. The van der Waals surface area contributed by atoms with Gasteiger partial charge in [-0.05, 0) is 47.5 Å². The van der Waals surface area contributed by atoms with Crippen LogP contribution in [-0.4, -0.2) is 18.5 Å². The van der Waals surface area contributed by atoms with Crippen molar-refractivity contribution in [2.75, 3.05) is 11.9 Å². The van der Waals surface area contributed by atoms with Crippen LogP contribution in [0.4, 0.5) is 5.69 Å². The van der Waals surface area contributed by atoms with Crippen LogP contribution in [0.3, 0.4) is 0 Å². The lowest BCUT2D eigenvalue weighted by Gasteiger charge is -2.09. The molecule has 30 heavy (non-hydrogen) atoms. The molecule has 0 aromatic heterocycles. The van der Waals surface area contributed by atoms with Gasteiger partial charge in [-0.25, -0.2) is 0 Å². The molecule has 0 bridgehead atoms. The van der Waals surface area contributed by atoms with Crippen molar-refractivity contribution >= 4 is 40.8 Å². The average Bonchev–Trinajstić information content (AvgIpc) is 2.75. The maximum atomic E-state index is 12.0. The van der Waals surface area contributed by atoms with Crippen molar-refractivity contribution in [1.82, 2.24) is 0 Å². The fourth-order valence-electron chi connectivity index (χ4n) is 2.59. The molecule has 5 nitrogen and oxygen atoms in total. The molecule has 3 aromatic rings. The maximum Gasteiger partial charge on any atom is 0.310 e. The summed E-state index contributed by atoms with van der Waals surface area (Å²) in [7, 11) is 0. The summed E-state index contributed by atoms with van der Waals surface area (Å²) in [6.45, 7) is 0.0771. The van der Waals surface area contributed by atoms with E-state index in [-0.39, 0.29) is 13.0 Å². The summed E-state index contributed by atoms with van der Waals surface area (Å²) in [5, 5.41) is 3.43.